The number of carboxylic acids is 1. The molecule has 1 rings (SSSR count). The molecule has 5 heteroatoms. The lowest BCUT2D eigenvalue weighted by atomic mass is 9.97. The summed E-state index contributed by atoms with van der Waals surface area (Å²) in [7, 11) is 0. The molecule has 0 fully saturated rings. The van der Waals surface area contributed by atoms with Crippen molar-refractivity contribution in [1.29, 1.82) is 0 Å². The fourth-order valence-electron chi connectivity index (χ4n) is 2.17. The van der Waals surface area contributed by atoms with E-state index in [2.05, 4.69) is 16.7 Å². The number of carbonyl (C=O) groups is 2. The Bertz CT molecular complexity index is 351. The summed E-state index contributed by atoms with van der Waals surface area (Å²) >= 11 is 0. The third-order valence-corrected chi connectivity index (χ3v) is 3.34. The first-order valence-corrected chi connectivity index (χ1v) is 6.95. The minimum Gasteiger partial charge on any atom is -0.480 e. The van der Waals surface area contributed by atoms with Crippen molar-refractivity contribution in [1.82, 2.24) is 10.6 Å². The third kappa shape index (κ3) is 5.77. The SMILES string of the molecule is CC(C)[C@@H](NC(=O)NCCC1=CCCCC1)C(=O)O. The first kappa shape index (κ1) is 15.5. The van der Waals surface area contributed by atoms with Crippen molar-refractivity contribution in [3.63, 3.8) is 0 Å². The Hall–Kier alpha value is -1.52. The Morgan fingerprint density at radius 1 is 1.37 bits per heavy atom. The van der Waals surface area contributed by atoms with Gasteiger partial charge in [-0.3, -0.25) is 0 Å². The van der Waals surface area contributed by atoms with E-state index in [-0.39, 0.29) is 5.92 Å². The molecule has 3 N–H and O–H groups in total. The van der Waals surface area contributed by atoms with Crippen LogP contribution in [-0.2, 0) is 4.79 Å². The topological polar surface area (TPSA) is 78.4 Å². The average Bonchev–Trinajstić information content (AvgIpc) is 2.36. The lowest BCUT2D eigenvalue weighted by molar-refractivity contribution is -0.140. The van der Waals surface area contributed by atoms with E-state index in [0.29, 0.717) is 6.54 Å². The van der Waals surface area contributed by atoms with Gasteiger partial charge in [-0.25, -0.2) is 9.59 Å². The number of carboxylic acid groups (broad SMARTS) is 1. The van der Waals surface area contributed by atoms with Crippen LogP contribution in [0.2, 0.25) is 0 Å². The fourth-order valence-corrected chi connectivity index (χ4v) is 2.17. The van der Waals surface area contributed by atoms with E-state index >= 15 is 0 Å². The highest BCUT2D eigenvalue weighted by atomic mass is 16.4. The van der Waals surface area contributed by atoms with Crippen LogP contribution in [0.15, 0.2) is 11.6 Å². The van der Waals surface area contributed by atoms with Gasteiger partial charge in [0.1, 0.15) is 6.04 Å². The van der Waals surface area contributed by atoms with Gasteiger partial charge < -0.3 is 15.7 Å². The van der Waals surface area contributed by atoms with Gasteiger partial charge in [-0.05, 0) is 38.0 Å². The molecule has 0 heterocycles. The van der Waals surface area contributed by atoms with Gasteiger partial charge in [0.05, 0.1) is 0 Å². The summed E-state index contributed by atoms with van der Waals surface area (Å²) in [6.45, 7) is 4.10. The Morgan fingerprint density at radius 2 is 2.11 bits per heavy atom. The van der Waals surface area contributed by atoms with Gasteiger partial charge in [0.25, 0.3) is 0 Å². The van der Waals surface area contributed by atoms with Gasteiger partial charge >= 0.3 is 12.0 Å². The van der Waals surface area contributed by atoms with Crippen LogP contribution in [0.5, 0.6) is 0 Å². The molecule has 0 unspecified atom stereocenters. The van der Waals surface area contributed by atoms with E-state index in [9.17, 15) is 9.59 Å². The van der Waals surface area contributed by atoms with Crippen molar-refractivity contribution >= 4 is 12.0 Å². The summed E-state index contributed by atoms with van der Waals surface area (Å²) in [6, 6.07) is -1.24. The van der Waals surface area contributed by atoms with Crippen LogP contribution in [0.1, 0.15) is 46.0 Å². The zero-order chi connectivity index (χ0) is 14.3. The van der Waals surface area contributed by atoms with Crippen LogP contribution in [0.3, 0.4) is 0 Å². The van der Waals surface area contributed by atoms with E-state index < -0.39 is 18.0 Å². The van der Waals surface area contributed by atoms with Gasteiger partial charge in [-0.15, -0.1) is 0 Å². The second kappa shape index (κ2) is 7.81. The van der Waals surface area contributed by atoms with Gasteiger partial charge in [0.2, 0.25) is 0 Å². The second-order valence-electron chi connectivity index (χ2n) is 5.32. The van der Waals surface area contributed by atoms with E-state index in [1.807, 2.05) is 0 Å². The molecule has 0 spiro atoms. The summed E-state index contributed by atoms with van der Waals surface area (Å²) in [6.07, 6.45) is 7.84. The highest BCUT2D eigenvalue weighted by Gasteiger charge is 2.23. The normalized spacial score (nSPS) is 16.7. The Kier molecular flexibility index (Phi) is 6.39. The number of nitrogens with one attached hydrogen (secondary N) is 2. The maximum Gasteiger partial charge on any atom is 0.326 e. The number of allylic oxidation sites excluding steroid dienone is 1. The lowest BCUT2D eigenvalue weighted by Gasteiger charge is -2.18. The molecule has 108 valence electrons. The highest BCUT2D eigenvalue weighted by molar-refractivity contribution is 5.82. The predicted octanol–water partition coefficient (Wildman–Crippen LogP) is 2.29. The number of carbonyl (C=O) groups excluding carboxylic acids is 1. The number of hydrogen-bond acceptors (Lipinski definition) is 2. The monoisotopic (exact) mass is 268 g/mol. The van der Waals surface area contributed by atoms with Crippen molar-refractivity contribution in [3.05, 3.63) is 11.6 Å². The fraction of sp³-hybridized carbons (Fsp3) is 0.714. The molecule has 0 aromatic rings. The largest absolute Gasteiger partial charge is 0.480 e. The zero-order valence-corrected chi connectivity index (χ0v) is 11.7. The van der Waals surface area contributed by atoms with Crippen LogP contribution in [0.4, 0.5) is 4.79 Å². The highest BCUT2D eigenvalue weighted by Crippen LogP contribution is 2.19. The van der Waals surface area contributed by atoms with E-state index in [1.54, 1.807) is 13.8 Å². The number of urea groups is 1. The van der Waals surface area contributed by atoms with Crippen molar-refractivity contribution in [2.24, 2.45) is 5.92 Å². The molecule has 0 aromatic carbocycles. The molecule has 19 heavy (non-hydrogen) atoms. The van der Waals surface area contributed by atoms with Crippen molar-refractivity contribution < 1.29 is 14.7 Å². The van der Waals surface area contributed by atoms with Gasteiger partial charge in [0, 0.05) is 6.54 Å². The van der Waals surface area contributed by atoms with Crippen LogP contribution in [0.25, 0.3) is 0 Å². The standard InChI is InChI=1S/C14H24N2O3/c1-10(2)12(13(17)18)16-14(19)15-9-8-11-6-4-3-5-7-11/h6,10,12H,3-5,7-9H2,1-2H3,(H,17,18)(H2,15,16,19)/t12-/m1/s1. The summed E-state index contributed by atoms with van der Waals surface area (Å²) < 4.78 is 0. The molecule has 5 nitrogen and oxygen atoms in total. The molecule has 0 bridgehead atoms. The number of rotatable bonds is 6. The summed E-state index contributed by atoms with van der Waals surface area (Å²) in [5.41, 5.74) is 1.39. The molecule has 2 amide bonds. The van der Waals surface area contributed by atoms with E-state index in [1.165, 1.54) is 18.4 Å². The second-order valence-corrected chi connectivity index (χ2v) is 5.32. The molecule has 0 aromatic heterocycles. The quantitative estimate of drug-likeness (QED) is 0.647. The molecule has 1 aliphatic carbocycles. The molecule has 0 radical (unpaired) electrons. The minimum atomic E-state index is -1.000. The molecule has 0 saturated heterocycles. The minimum absolute atomic E-state index is 0.135. The Labute approximate surface area is 114 Å². The maximum atomic E-state index is 11.6. The van der Waals surface area contributed by atoms with Gasteiger partial charge in [-0.2, -0.15) is 0 Å². The van der Waals surface area contributed by atoms with Crippen LogP contribution >= 0.6 is 0 Å². The van der Waals surface area contributed by atoms with Crippen LogP contribution in [-0.4, -0.2) is 29.7 Å². The summed E-state index contributed by atoms with van der Waals surface area (Å²) in [5, 5.41) is 14.2. The first-order valence-electron chi connectivity index (χ1n) is 6.95. The van der Waals surface area contributed by atoms with Crippen molar-refractivity contribution in [3.8, 4) is 0 Å². The molecule has 1 aliphatic rings. The zero-order valence-electron chi connectivity index (χ0n) is 11.7. The lowest BCUT2D eigenvalue weighted by Crippen LogP contribution is -2.48. The van der Waals surface area contributed by atoms with Crippen molar-refractivity contribution in [2.45, 2.75) is 52.0 Å². The number of amides is 2. The first-order chi connectivity index (χ1) is 9.00. The molecular weight excluding hydrogens is 244 g/mol. The molecule has 1 atom stereocenters. The number of aliphatic carboxylic acids is 1. The van der Waals surface area contributed by atoms with Gasteiger partial charge in [0.15, 0.2) is 0 Å². The molecule has 0 aliphatic heterocycles. The molecular formula is C14H24N2O3. The summed E-state index contributed by atoms with van der Waals surface area (Å²) in [5.74, 6) is -1.13. The van der Waals surface area contributed by atoms with E-state index in [0.717, 1.165) is 19.3 Å². The third-order valence-electron chi connectivity index (χ3n) is 3.34. The average molecular weight is 268 g/mol. The Balaban J connectivity index is 2.27. The number of hydrogen-bond donors (Lipinski definition) is 3. The van der Waals surface area contributed by atoms with E-state index in [4.69, 9.17) is 5.11 Å². The smallest absolute Gasteiger partial charge is 0.326 e. The maximum absolute atomic E-state index is 11.6. The predicted molar refractivity (Wildman–Crippen MR) is 74.0 cm³/mol. The molecule has 0 saturated carbocycles. The van der Waals surface area contributed by atoms with Crippen LogP contribution < -0.4 is 10.6 Å². The van der Waals surface area contributed by atoms with Crippen LogP contribution in [0, 0.1) is 5.92 Å². The van der Waals surface area contributed by atoms with Gasteiger partial charge in [-0.1, -0.05) is 25.5 Å². The Morgan fingerprint density at radius 3 is 2.63 bits per heavy atom. The summed E-state index contributed by atoms with van der Waals surface area (Å²) in [4.78, 5) is 22.5. The van der Waals surface area contributed by atoms with Crippen molar-refractivity contribution in [2.75, 3.05) is 6.54 Å².